The zero-order valence-corrected chi connectivity index (χ0v) is 55.5. The Morgan fingerprint density at radius 2 is 0.894 bits per heavy atom. The summed E-state index contributed by atoms with van der Waals surface area (Å²) in [4.78, 5) is 8.08. The number of hydrogen-bond acceptors (Lipinski definition) is 3. The Hall–Kier alpha value is -6.78. The minimum atomic E-state index is -0.188. The van der Waals surface area contributed by atoms with Gasteiger partial charge in [-0.05, 0) is 221 Å². The van der Waals surface area contributed by atoms with Crippen molar-refractivity contribution in [3.05, 3.63) is 201 Å². The second kappa shape index (κ2) is 18.6. The summed E-state index contributed by atoms with van der Waals surface area (Å²) in [6.45, 7) is 50.6. The van der Waals surface area contributed by atoms with Gasteiger partial charge in [0.05, 0.1) is 5.69 Å². The Morgan fingerprint density at radius 1 is 0.388 bits per heavy atom. The molecule has 2 aliphatic heterocycles. The van der Waals surface area contributed by atoms with E-state index in [9.17, 15) is 0 Å². The highest BCUT2D eigenvalue weighted by atomic mass is 15.2. The first-order chi connectivity index (χ1) is 39.6. The van der Waals surface area contributed by atoms with Crippen LogP contribution in [0.2, 0.25) is 0 Å². The van der Waals surface area contributed by atoms with E-state index in [0.29, 0.717) is 0 Å². The largest absolute Gasteiger partial charge is 0.311 e. The SMILES string of the molecule is Cc1cc(C(C)(C)C)ccc1N(c1ccc2c(c1)N(c1cccc3c1-c1ccccc1C3(C)C)c1cc(C(C)(C)C)cc3c1B2c1cc2c(cc1N3c1ccc3c(c1)C(C)(C)CCC3(C)C)C(C)(C)CCC2(C)C)c1ccc(C(C)(C)C)cc1C. The van der Waals surface area contributed by atoms with Gasteiger partial charge >= 0.3 is 0 Å². The molecular formula is C81H94BN3. The Bertz CT molecular complexity index is 4040. The fraction of sp³-hybridized carbons (Fsp3) is 0.407. The monoisotopic (exact) mass is 1120 g/mol. The van der Waals surface area contributed by atoms with Crippen molar-refractivity contribution in [2.24, 2.45) is 0 Å². The molecule has 2 heterocycles. The van der Waals surface area contributed by atoms with Crippen LogP contribution in [0.5, 0.6) is 0 Å². The number of fused-ring (bicyclic) bond motifs is 9. The number of nitrogens with zero attached hydrogens (tertiary/aromatic N) is 3. The lowest BCUT2D eigenvalue weighted by Gasteiger charge is -2.48. The average molecular weight is 1120 g/mol. The van der Waals surface area contributed by atoms with Gasteiger partial charge < -0.3 is 14.7 Å². The summed E-state index contributed by atoms with van der Waals surface area (Å²) in [5.41, 5.74) is 33.0. The van der Waals surface area contributed by atoms with E-state index in [1.54, 1.807) is 0 Å². The maximum atomic E-state index is 2.75. The smallest absolute Gasteiger partial charge is 0.252 e. The van der Waals surface area contributed by atoms with Crippen LogP contribution in [0.15, 0.2) is 140 Å². The summed E-state index contributed by atoms with van der Waals surface area (Å²) in [5.74, 6) is 0. The molecule has 0 unspecified atom stereocenters. The van der Waals surface area contributed by atoms with Crippen molar-refractivity contribution in [2.75, 3.05) is 14.7 Å². The lowest BCUT2D eigenvalue weighted by molar-refractivity contribution is 0.332. The third-order valence-electron chi connectivity index (χ3n) is 21.7. The maximum absolute atomic E-state index is 2.75. The fourth-order valence-electron chi connectivity index (χ4n) is 15.9. The molecule has 13 rings (SSSR count). The van der Waals surface area contributed by atoms with Crippen molar-refractivity contribution in [1.29, 1.82) is 0 Å². The van der Waals surface area contributed by atoms with Crippen molar-refractivity contribution < 1.29 is 0 Å². The van der Waals surface area contributed by atoms with Crippen LogP contribution in [0.3, 0.4) is 0 Å². The number of aryl methyl sites for hydroxylation is 2. The molecule has 0 radical (unpaired) electrons. The van der Waals surface area contributed by atoms with E-state index in [4.69, 9.17) is 0 Å². The molecule has 0 bridgehead atoms. The van der Waals surface area contributed by atoms with Gasteiger partial charge in [0.25, 0.3) is 6.71 Å². The van der Waals surface area contributed by atoms with Gasteiger partial charge in [-0.1, -0.05) is 210 Å². The quantitative estimate of drug-likeness (QED) is 0.159. The fourth-order valence-corrected chi connectivity index (χ4v) is 15.9. The first kappa shape index (κ1) is 57.3. The number of anilines is 9. The van der Waals surface area contributed by atoms with E-state index in [1.807, 2.05) is 0 Å². The summed E-state index contributed by atoms with van der Waals surface area (Å²) in [5, 5.41) is 0. The molecule has 5 aliphatic rings. The molecule has 0 amide bonds. The van der Waals surface area contributed by atoms with Gasteiger partial charge in [0.1, 0.15) is 0 Å². The number of hydrogen-bond donors (Lipinski definition) is 0. The molecule has 3 aliphatic carbocycles. The minimum Gasteiger partial charge on any atom is -0.311 e. The van der Waals surface area contributed by atoms with Crippen molar-refractivity contribution in [3.63, 3.8) is 0 Å². The van der Waals surface area contributed by atoms with Gasteiger partial charge in [-0.15, -0.1) is 0 Å². The second-order valence-electron chi connectivity index (χ2n) is 33.0. The Kier molecular flexibility index (Phi) is 12.6. The van der Waals surface area contributed by atoms with Crippen LogP contribution >= 0.6 is 0 Å². The highest BCUT2D eigenvalue weighted by molar-refractivity contribution is 7.00. The van der Waals surface area contributed by atoms with Gasteiger partial charge in [-0.3, -0.25) is 0 Å². The normalized spacial score (nSPS) is 18.2. The predicted octanol–water partition coefficient (Wildman–Crippen LogP) is 20.8. The van der Waals surface area contributed by atoms with Crippen molar-refractivity contribution in [3.8, 4) is 11.1 Å². The van der Waals surface area contributed by atoms with Gasteiger partial charge in [-0.2, -0.15) is 0 Å². The molecule has 8 aromatic carbocycles. The average Bonchev–Trinajstić information content (AvgIpc) is 1.24. The van der Waals surface area contributed by atoms with Crippen LogP contribution in [0, 0.1) is 13.8 Å². The number of rotatable bonds is 5. The lowest BCUT2D eigenvalue weighted by atomic mass is 9.33. The van der Waals surface area contributed by atoms with E-state index >= 15 is 0 Å². The summed E-state index contributed by atoms with van der Waals surface area (Å²) >= 11 is 0. The second-order valence-corrected chi connectivity index (χ2v) is 33.0. The van der Waals surface area contributed by atoms with Crippen LogP contribution in [-0.2, 0) is 43.3 Å². The molecule has 8 aromatic rings. The molecule has 85 heavy (non-hydrogen) atoms. The van der Waals surface area contributed by atoms with Crippen LogP contribution in [0.1, 0.15) is 218 Å². The van der Waals surface area contributed by atoms with Gasteiger partial charge in [0, 0.05) is 56.5 Å². The predicted molar refractivity (Wildman–Crippen MR) is 369 cm³/mol. The molecule has 4 heteroatoms. The van der Waals surface area contributed by atoms with Crippen LogP contribution in [0.4, 0.5) is 51.2 Å². The molecule has 0 N–H and O–H groups in total. The van der Waals surface area contributed by atoms with Crippen LogP contribution in [0.25, 0.3) is 11.1 Å². The molecule has 0 saturated carbocycles. The van der Waals surface area contributed by atoms with E-state index < -0.39 is 0 Å². The molecule has 0 aromatic heterocycles. The van der Waals surface area contributed by atoms with E-state index in [1.165, 1.54) is 141 Å². The Morgan fingerprint density at radius 3 is 1.46 bits per heavy atom. The third kappa shape index (κ3) is 8.85. The molecule has 0 saturated heterocycles. The Balaban J connectivity index is 1.17. The third-order valence-corrected chi connectivity index (χ3v) is 21.7. The molecule has 0 atom stereocenters. The lowest BCUT2D eigenvalue weighted by Crippen LogP contribution is -2.62. The summed E-state index contributed by atoms with van der Waals surface area (Å²) in [7, 11) is 0. The van der Waals surface area contributed by atoms with Crippen LogP contribution in [-0.4, -0.2) is 6.71 Å². The maximum Gasteiger partial charge on any atom is 0.252 e. The summed E-state index contributed by atoms with van der Waals surface area (Å²) in [6, 6.07) is 56.7. The first-order valence-corrected chi connectivity index (χ1v) is 32.1. The summed E-state index contributed by atoms with van der Waals surface area (Å²) in [6.07, 6.45) is 4.65. The van der Waals surface area contributed by atoms with E-state index in [-0.39, 0.29) is 50.0 Å². The van der Waals surface area contributed by atoms with Crippen molar-refractivity contribution >= 4 is 74.3 Å². The highest BCUT2D eigenvalue weighted by Crippen LogP contribution is 2.58. The standard InChI is InChI=1S/C81H94BN3/c1-49-41-51(74(3,4)5)29-35-65(49)83(66-36-30-52(42-50(66)2)75(6,7)8)55-32-34-63-68(46-55)85(67-28-24-27-59-72(67)56-25-22-23-26-57(56)81(59,20)21)71-44-53(76(9,10)11)43-70-73(71)82(63)64-47-61-62(80(18,19)40-39-79(61,16)17)48-69(64)84(70)54-31-33-58-60(45-54)78(14,15)38-37-77(58,12)13/h22-36,41-48H,37-40H2,1-21H3. The highest BCUT2D eigenvalue weighted by Gasteiger charge is 2.49. The van der Waals surface area contributed by atoms with Gasteiger partial charge in [0.2, 0.25) is 0 Å². The molecule has 3 nitrogen and oxygen atoms in total. The van der Waals surface area contributed by atoms with E-state index in [0.717, 1.165) is 24.9 Å². The summed E-state index contributed by atoms with van der Waals surface area (Å²) < 4.78 is 0. The molecule has 0 fully saturated rings. The zero-order valence-electron chi connectivity index (χ0n) is 55.5. The first-order valence-electron chi connectivity index (χ1n) is 32.1. The van der Waals surface area contributed by atoms with Crippen LogP contribution < -0.4 is 31.1 Å². The molecule has 0 spiro atoms. The number of benzene rings is 8. The zero-order chi connectivity index (χ0) is 60.8. The molecular weight excluding hydrogens is 1030 g/mol. The van der Waals surface area contributed by atoms with Crippen molar-refractivity contribution in [2.45, 2.75) is 214 Å². The minimum absolute atomic E-state index is 0.00478. The molecule has 436 valence electrons. The van der Waals surface area contributed by atoms with Crippen molar-refractivity contribution in [1.82, 2.24) is 0 Å². The topological polar surface area (TPSA) is 9.72 Å². The Labute approximate surface area is 512 Å². The van der Waals surface area contributed by atoms with Gasteiger partial charge in [-0.25, -0.2) is 0 Å². The van der Waals surface area contributed by atoms with Gasteiger partial charge in [0.15, 0.2) is 0 Å². The van der Waals surface area contributed by atoms with E-state index in [2.05, 4.69) is 300 Å².